The Bertz CT molecular complexity index is 1790. The van der Waals surface area contributed by atoms with E-state index in [1.165, 1.54) is 0 Å². The zero-order valence-electron chi connectivity index (χ0n) is 19.6. The van der Waals surface area contributed by atoms with Crippen molar-refractivity contribution in [3.8, 4) is 0 Å². The molecule has 0 aliphatic heterocycles. The Labute approximate surface area is 217 Å². The van der Waals surface area contributed by atoms with Crippen LogP contribution in [-0.2, 0) is 12.4 Å². The van der Waals surface area contributed by atoms with Crippen molar-refractivity contribution in [1.82, 2.24) is 0 Å². The van der Waals surface area contributed by atoms with E-state index < -0.39 is 43.0 Å². The third kappa shape index (κ3) is 4.27. The maximum atomic E-state index is 15.4. The molecule has 0 bridgehead atoms. The summed E-state index contributed by atoms with van der Waals surface area (Å²) in [5.41, 5.74) is -2.44. The SMILES string of the molecule is Fc1cc(C(F)(F)F)ccc1P(c1ccc(C(F)(F)F)cc1F)c1ccc2ccc3cccc4ccc1c2c34. The van der Waals surface area contributed by atoms with Crippen molar-refractivity contribution in [1.29, 1.82) is 0 Å². The maximum absolute atomic E-state index is 15.4. The minimum atomic E-state index is -4.81. The lowest BCUT2D eigenvalue weighted by atomic mass is 9.94. The van der Waals surface area contributed by atoms with Crippen LogP contribution < -0.4 is 15.9 Å². The van der Waals surface area contributed by atoms with E-state index in [-0.39, 0.29) is 10.6 Å². The Kier molecular flexibility index (Phi) is 5.81. The monoisotopic (exact) mass is 558 g/mol. The number of hydrogen-bond acceptors (Lipinski definition) is 0. The first-order valence-corrected chi connectivity index (χ1v) is 13.0. The second-order valence-electron chi connectivity index (χ2n) is 9.10. The summed E-state index contributed by atoms with van der Waals surface area (Å²) in [6, 6.07) is 20.5. The van der Waals surface area contributed by atoms with Gasteiger partial charge in [-0.15, -0.1) is 0 Å². The fraction of sp³-hybridized carbons (Fsp3) is 0.0667. The molecular formula is C30H15F8P. The number of benzene rings is 6. The Morgan fingerprint density at radius 1 is 0.462 bits per heavy atom. The summed E-state index contributed by atoms with van der Waals surface area (Å²) in [4.78, 5) is 0. The molecule has 0 atom stereocenters. The lowest BCUT2D eigenvalue weighted by Gasteiger charge is -2.24. The highest BCUT2D eigenvalue weighted by atomic mass is 31.1. The number of hydrogen-bond donors (Lipinski definition) is 0. The van der Waals surface area contributed by atoms with Gasteiger partial charge in [0.15, 0.2) is 0 Å². The second-order valence-corrected chi connectivity index (χ2v) is 11.2. The first kappa shape index (κ1) is 25.5. The molecule has 0 aromatic heterocycles. The summed E-state index contributed by atoms with van der Waals surface area (Å²) in [6.45, 7) is 0. The minimum absolute atomic E-state index is 0.230. The summed E-state index contributed by atoms with van der Waals surface area (Å²) >= 11 is 0. The van der Waals surface area contributed by atoms with Crippen LogP contribution in [0, 0.1) is 11.6 Å². The lowest BCUT2D eigenvalue weighted by molar-refractivity contribution is -0.138. The van der Waals surface area contributed by atoms with E-state index >= 15 is 8.78 Å². The van der Waals surface area contributed by atoms with E-state index in [2.05, 4.69) is 0 Å². The maximum Gasteiger partial charge on any atom is 0.416 e. The van der Waals surface area contributed by atoms with Gasteiger partial charge in [0.25, 0.3) is 0 Å². The number of halogens is 8. The van der Waals surface area contributed by atoms with Crippen molar-refractivity contribution in [2.45, 2.75) is 12.4 Å². The molecule has 0 N–H and O–H groups in total. The van der Waals surface area contributed by atoms with Crippen molar-refractivity contribution in [2.75, 3.05) is 0 Å². The van der Waals surface area contributed by atoms with Gasteiger partial charge in [-0.3, -0.25) is 0 Å². The highest BCUT2D eigenvalue weighted by Gasteiger charge is 2.35. The van der Waals surface area contributed by atoms with Crippen LogP contribution in [0.5, 0.6) is 0 Å². The Balaban J connectivity index is 1.67. The van der Waals surface area contributed by atoms with Crippen molar-refractivity contribution < 1.29 is 35.1 Å². The highest BCUT2D eigenvalue weighted by Crippen LogP contribution is 2.43. The van der Waals surface area contributed by atoms with Crippen LogP contribution in [0.1, 0.15) is 11.1 Å². The Morgan fingerprint density at radius 2 is 0.897 bits per heavy atom. The fourth-order valence-electron chi connectivity index (χ4n) is 5.03. The van der Waals surface area contributed by atoms with Crippen molar-refractivity contribution >= 4 is 56.2 Å². The van der Waals surface area contributed by atoms with Gasteiger partial charge in [-0.05, 0) is 69.8 Å². The molecule has 6 rings (SSSR count). The van der Waals surface area contributed by atoms with Gasteiger partial charge in [-0.25, -0.2) is 8.78 Å². The van der Waals surface area contributed by atoms with E-state index in [9.17, 15) is 26.3 Å². The smallest absolute Gasteiger partial charge is 0.206 e. The summed E-state index contributed by atoms with van der Waals surface area (Å²) in [6.07, 6.45) is -9.62. The normalized spacial score (nSPS) is 12.8. The van der Waals surface area contributed by atoms with E-state index in [0.717, 1.165) is 39.1 Å². The molecular weight excluding hydrogens is 543 g/mol. The van der Waals surface area contributed by atoms with Crippen LogP contribution in [0.25, 0.3) is 32.3 Å². The van der Waals surface area contributed by atoms with Gasteiger partial charge in [0, 0.05) is 10.6 Å². The van der Waals surface area contributed by atoms with E-state index in [0.29, 0.717) is 35.0 Å². The van der Waals surface area contributed by atoms with Gasteiger partial charge in [0.05, 0.1) is 11.1 Å². The van der Waals surface area contributed by atoms with Crippen molar-refractivity contribution in [2.24, 2.45) is 0 Å². The quantitative estimate of drug-likeness (QED) is 0.116. The molecule has 0 aliphatic carbocycles. The first-order chi connectivity index (χ1) is 18.4. The molecule has 6 aromatic rings. The Hall–Kier alpha value is -3.77. The number of rotatable bonds is 3. The average molecular weight is 558 g/mol. The van der Waals surface area contributed by atoms with Crippen molar-refractivity contribution in [3.63, 3.8) is 0 Å². The van der Waals surface area contributed by atoms with Gasteiger partial charge < -0.3 is 0 Å². The predicted octanol–water partition coefficient (Wildman–Crippen LogP) is 8.66. The molecule has 0 fully saturated rings. The molecule has 0 spiro atoms. The zero-order chi connectivity index (χ0) is 27.7. The zero-order valence-corrected chi connectivity index (χ0v) is 20.5. The molecule has 0 saturated heterocycles. The van der Waals surface area contributed by atoms with Crippen LogP contribution >= 0.6 is 7.92 Å². The Morgan fingerprint density at radius 3 is 1.38 bits per heavy atom. The second kappa shape index (κ2) is 8.88. The third-order valence-electron chi connectivity index (χ3n) is 6.78. The van der Waals surface area contributed by atoms with E-state index in [1.54, 1.807) is 18.2 Å². The van der Waals surface area contributed by atoms with E-state index in [4.69, 9.17) is 0 Å². The largest absolute Gasteiger partial charge is 0.416 e. The van der Waals surface area contributed by atoms with Gasteiger partial charge in [0.1, 0.15) is 11.6 Å². The molecule has 6 aromatic carbocycles. The third-order valence-corrected chi connectivity index (χ3v) is 9.34. The fourth-order valence-corrected chi connectivity index (χ4v) is 7.47. The average Bonchev–Trinajstić information content (AvgIpc) is 2.88. The summed E-state index contributed by atoms with van der Waals surface area (Å²) in [5, 5.41) is 4.96. The summed E-state index contributed by atoms with van der Waals surface area (Å²) in [5.74, 6) is -2.44. The van der Waals surface area contributed by atoms with Crippen LogP contribution in [0.3, 0.4) is 0 Å². The molecule has 0 nitrogen and oxygen atoms in total. The molecule has 9 heteroatoms. The summed E-state index contributed by atoms with van der Waals surface area (Å²) in [7, 11) is -2.25. The van der Waals surface area contributed by atoms with Gasteiger partial charge in [-0.2, -0.15) is 26.3 Å². The molecule has 0 aliphatic rings. The molecule has 39 heavy (non-hydrogen) atoms. The van der Waals surface area contributed by atoms with Gasteiger partial charge in [0.2, 0.25) is 0 Å². The lowest BCUT2D eigenvalue weighted by Crippen LogP contribution is -2.26. The topological polar surface area (TPSA) is 0 Å². The van der Waals surface area contributed by atoms with Crippen LogP contribution in [0.15, 0.2) is 91.0 Å². The minimum Gasteiger partial charge on any atom is -0.206 e. The van der Waals surface area contributed by atoms with Gasteiger partial charge in [-0.1, -0.05) is 66.7 Å². The molecule has 0 amide bonds. The molecule has 196 valence electrons. The highest BCUT2D eigenvalue weighted by molar-refractivity contribution is 7.80. The predicted molar refractivity (Wildman–Crippen MR) is 139 cm³/mol. The van der Waals surface area contributed by atoms with Gasteiger partial charge >= 0.3 is 12.4 Å². The molecule has 0 saturated carbocycles. The van der Waals surface area contributed by atoms with Crippen LogP contribution in [-0.4, -0.2) is 0 Å². The number of alkyl halides is 6. The summed E-state index contributed by atoms with van der Waals surface area (Å²) < 4.78 is 110. The van der Waals surface area contributed by atoms with E-state index in [1.807, 2.05) is 36.4 Å². The van der Waals surface area contributed by atoms with Crippen LogP contribution in [0.4, 0.5) is 35.1 Å². The van der Waals surface area contributed by atoms with Crippen LogP contribution in [0.2, 0.25) is 0 Å². The molecule has 0 radical (unpaired) electrons. The molecule has 0 heterocycles. The molecule has 0 unspecified atom stereocenters. The van der Waals surface area contributed by atoms with Crippen molar-refractivity contribution in [3.05, 3.63) is 114 Å². The first-order valence-electron chi connectivity index (χ1n) is 11.6. The standard InChI is InChI=1S/C30H15F8P/c31-22-14-19(29(33,34)35)8-12-25(22)39(26-13-9-20(15-23(26)32)30(36,37)38)24-11-7-18-5-4-16-2-1-3-17-6-10-21(24)28(18)27(16)17/h1-15H.